The summed E-state index contributed by atoms with van der Waals surface area (Å²) in [5.41, 5.74) is 12.0. The van der Waals surface area contributed by atoms with Crippen molar-refractivity contribution < 1.29 is 0 Å². The summed E-state index contributed by atoms with van der Waals surface area (Å²) in [7, 11) is 0. The van der Waals surface area contributed by atoms with Crippen LogP contribution < -0.4 is 11.5 Å². The predicted octanol–water partition coefficient (Wildman–Crippen LogP) is 0.851. The van der Waals surface area contributed by atoms with Crippen LogP contribution in [0.5, 0.6) is 0 Å². The highest BCUT2D eigenvalue weighted by atomic mass is 14.7. The number of fused-ring (bicyclic) bond motifs is 2. The molecule has 0 spiro atoms. The van der Waals surface area contributed by atoms with Crippen LogP contribution in [0.1, 0.15) is 32.1 Å². The molecular formula is C9H18N2. The van der Waals surface area contributed by atoms with E-state index in [-0.39, 0.29) is 0 Å². The Morgan fingerprint density at radius 1 is 0.727 bits per heavy atom. The van der Waals surface area contributed by atoms with Crippen molar-refractivity contribution in [3.63, 3.8) is 0 Å². The molecule has 4 N–H and O–H groups in total. The van der Waals surface area contributed by atoms with Gasteiger partial charge in [-0.2, -0.15) is 0 Å². The first-order chi connectivity index (χ1) is 5.27. The molecule has 0 aromatic carbocycles. The van der Waals surface area contributed by atoms with Gasteiger partial charge in [-0.05, 0) is 43.9 Å². The lowest BCUT2D eigenvalue weighted by Crippen LogP contribution is -2.46. The van der Waals surface area contributed by atoms with Crippen molar-refractivity contribution in [3.8, 4) is 0 Å². The average Bonchev–Trinajstić information content (AvgIpc) is 2.02. The second kappa shape index (κ2) is 2.76. The lowest BCUT2D eigenvalue weighted by molar-refractivity contribution is 0.143. The molecule has 0 aromatic heterocycles. The van der Waals surface area contributed by atoms with E-state index in [1.165, 1.54) is 32.1 Å². The third kappa shape index (κ3) is 1.30. The van der Waals surface area contributed by atoms with E-state index in [9.17, 15) is 0 Å². The molecule has 0 amide bonds. The molecule has 64 valence electrons. The quantitative estimate of drug-likeness (QED) is 0.543. The van der Waals surface area contributed by atoms with Gasteiger partial charge in [-0.25, -0.2) is 0 Å². The summed E-state index contributed by atoms with van der Waals surface area (Å²) >= 11 is 0. The number of hydrogen-bond acceptors (Lipinski definition) is 2. The molecule has 0 aromatic rings. The Morgan fingerprint density at radius 3 is 1.64 bits per heavy atom. The van der Waals surface area contributed by atoms with E-state index in [0.717, 1.165) is 11.8 Å². The molecule has 2 aliphatic rings. The second-order valence-corrected chi connectivity index (χ2v) is 4.24. The lowest BCUT2D eigenvalue weighted by Gasteiger charge is -2.41. The summed E-state index contributed by atoms with van der Waals surface area (Å²) in [5.74, 6) is 1.60. The zero-order valence-corrected chi connectivity index (χ0v) is 7.00. The fourth-order valence-corrected chi connectivity index (χ4v) is 2.69. The highest BCUT2D eigenvalue weighted by molar-refractivity contribution is 4.91. The van der Waals surface area contributed by atoms with Gasteiger partial charge >= 0.3 is 0 Å². The monoisotopic (exact) mass is 154 g/mol. The van der Waals surface area contributed by atoms with Crippen molar-refractivity contribution in [2.45, 2.75) is 44.2 Å². The Hall–Kier alpha value is -0.0800. The van der Waals surface area contributed by atoms with E-state index in [0.29, 0.717) is 12.1 Å². The third-order valence-corrected chi connectivity index (χ3v) is 3.56. The van der Waals surface area contributed by atoms with Crippen LogP contribution in [0, 0.1) is 11.8 Å². The maximum Gasteiger partial charge on any atom is 0.00673 e. The van der Waals surface area contributed by atoms with Gasteiger partial charge in [0.25, 0.3) is 0 Å². The molecule has 4 unspecified atom stereocenters. The SMILES string of the molecule is NC1CCC2CC1CCC2N. The fraction of sp³-hybridized carbons (Fsp3) is 1.00. The molecule has 2 rings (SSSR count). The largest absolute Gasteiger partial charge is 0.327 e. The van der Waals surface area contributed by atoms with Gasteiger partial charge in [-0.1, -0.05) is 0 Å². The van der Waals surface area contributed by atoms with Crippen LogP contribution in [0.2, 0.25) is 0 Å². The van der Waals surface area contributed by atoms with E-state index in [4.69, 9.17) is 11.5 Å². The molecule has 0 heterocycles. The molecular weight excluding hydrogens is 136 g/mol. The first-order valence-electron chi connectivity index (χ1n) is 4.78. The van der Waals surface area contributed by atoms with Crippen LogP contribution in [0.4, 0.5) is 0 Å². The summed E-state index contributed by atoms with van der Waals surface area (Å²) in [6.07, 6.45) is 6.28. The normalized spacial score (nSPS) is 50.7. The molecule has 2 aliphatic carbocycles. The van der Waals surface area contributed by atoms with Gasteiger partial charge in [0.2, 0.25) is 0 Å². The first kappa shape index (κ1) is 7.56. The standard InChI is InChI=1S/C9H18N2/c10-8-3-1-6-5-7(8)2-4-9(6)11/h6-9H,1-5,10-11H2. The fourth-order valence-electron chi connectivity index (χ4n) is 2.69. The van der Waals surface area contributed by atoms with Gasteiger partial charge < -0.3 is 11.5 Å². The maximum absolute atomic E-state index is 5.99. The van der Waals surface area contributed by atoms with Crippen LogP contribution >= 0.6 is 0 Å². The zero-order valence-electron chi connectivity index (χ0n) is 7.00. The Morgan fingerprint density at radius 2 is 1.18 bits per heavy atom. The zero-order chi connectivity index (χ0) is 7.84. The summed E-state index contributed by atoms with van der Waals surface area (Å²) in [5, 5.41) is 0. The highest BCUT2D eigenvalue weighted by Gasteiger charge is 2.35. The summed E-state index contributed by atoms with van der Waals surface area (Å²) in [6.45, 7) is 0. The van der Waals surface area contributed by atoms with Gasteiger partial charge in [-0.15, -0.1) is 0 Å². The van der Waals surface area contributed by atoms with Crippen molar-refractivity contribution in [2.75, 3.05) is 0 Å². The van der Waals surface area contributed by atoms with Gasteiger partial charge in [-0.3, -0.25) is 0 Å². The molecule has 11 heavy (non-hydrogen) atoms. The smallest absolute Gasteiger partial charge is 0.00673 e. The van der Waals surface area contributed by atoms with Crippen molar-refractivity contribution >= 4 is 0 Å². The Labute approximate surface area is 68.3 Å². The molecule has 4 atom stereocenters. The van der Waals surface area contributed by atoms with E-state index in [1.54, 1.807) is 0 Å². The van der Waals surface area contributed by atoms with Crippen molar-refractivity contribution in [3.05, 3.63) is 0 Å². The highest BCUT2D eigenvalue weighted by Crippen LogP contribution is 2.38. The molecule has 2 nitrogen and oxygen atoms in total. The van der Waals surface area contributed by atoms with Crippen LogP contribution in [-0.2, 0) is 0 Å². The van der Waals surface area contributed by atoms with Gasteiger partial charge in [0.1, 0.15) is 0 Å². The van der Waals surface area contributed by atoms with E-state index < -0.39 is 0 Å². The van der Waals surface area contributed by atoms with Gasteiger partial charge in [0.05, 0.1) is 0 Å². The second-order valence-electron chi connectivity index (χ2n) is 4.24. The maximum atomic E-state index is 5.99. The third-order valence-electron chi connectivity index (χ3n) is 3.56. The van der Waals surface area contributed by atoms with E-state index in [1.807, 2.05) is 0 Å². The number of rotatable bonds is 0. The molecule has 2 saturated carbocycles. The Balaban J connectivity index is 2.02. The molecule has 2 fully saturated rings. The van der Waals surface area contributed by atoms with Crippen LogP contribution in [-0.4, -0.2) is 12.1 Å². The Bertz CT molecular complexity index is 130. The Kier molecular flexibility index (Phi) is 1.90. The lowest BCUT2D eigenvalue weighted by atomic mass is 9.68. The minimum absolute atomic E-state index is 0.485. The predicted molar refractivity (Wildman–Crippen MR) is 46.0 cm³/mol. The minimum Gasteiger partial charge on any atom is -0.327 e. The first-order valence-corrected chi connectivity index (χ1v) is 4.78. The molecule has 2 bridgehead atoms. The van der Waals surface area contributed by atoms with Crippen LogP contribution in [0.15, 0.2) is 0 Å². The van der Waals surface area contributed by atoms with Crippen molar-refractivity contribution in [1.82, 2.24) is 0 Å². The topological polar surface area (TPSA) is 52.0 Å². The molecule has 0 radical (unpaired) electrons. The van der Waals surface area contributed by atoms with Crippen molar-refractivity contribution in [1.29, 1.82) is 0 Å². The van der Waals surface area contributed by atoms with Crippen molar-refractivity contribution in [2.24, 2.45) is 23.3 Å². The molecule has 0 aliphatic heterocycles. The van der Waals surface area contributed by atoms with Gasteiger partial charge in [0, 0.05) is 12.1 Å². The summed E-state index contributed by atoms with van der Waals surface area (Å²) in [6, 6.07) is 0.970. The van der Waals surface area contributed by atoms with Crippen LogP contribution in [0.25, 0.3) is 0 Å². The van der Waals surface area contributed by atoms with Gasteiger partial charge in [0.15, 0.2) is 0 Å². The van der Waals surface area contributed by atoms with Crippen LogP contribution in [0.3, 0.4) is 0 Å². The van der Waals surface area contributed by atoms with E-state index in [2.05, 4.69) is 0 Å². The summed E-state index contributed by atoms with van der Waals surface area (Å²) < 4.78 is 0. The minimum atomic E-state index is 0.485. The average molecular weight is 154 g/mol. The number of nitrogens with two attached hydrogens (primary N) is 2. The molecule has 2 heteroatoms. The number of hydrogen-bond donors (Lipinski definition) is 2. The summed E-state index contributed by atoms with van der Waals surface area (Å²) in [4.78, 5) is 0. The molecule has 0 saturated heterocycles. The van der Waals surface area contributed by atoms with E-state index >= 15 is 0 Å².